The number of benzene rings is 6. The van der Waals surface area contributed by atoms with Crippen molar-refractivity contribution < 1.29 is 9.59 Å². The number of nitriles is 2. The van der Waals surface area contributed by atoms with E-state index >= 15 is 0 Å². The van der Waals surface area contributed by atoms with Gasteiger partial charge in [0, 0.05) is 10.8 Å². The summed E-state index contributed by atoms with van der Waals surface area (Å²) in [5, 5.41) is 21.0. The first kappa shape index (κ1) is 29.6. The zero-order valence-corrected chi connectivity index (χ0v) is 27.1. The molecule has 6 heteroatoms. The standard InChI is InChI=1S/C43H28N4O2/c1-25-17-26(2)41(27(3)18-25)47-42(48)34-11-6-12-39(40(34)43(47)49)46-37-15-13-32(30-9-4-7-28(19-30)23-44)21-35(37)36-22-33(14-16-38(36)46)31-10-5-8-29(20-31)24-45/h4-22H,1-3H3. The van der Waals surface area contributed by atoms with Gasteiger partial charge < -0.3 is 4.57 Å². The molecule has 2 amide bonds. The lowest BCUT2D eigenvalue weighted by Gasteiger charge is -2.20. The average Bonchev–Trinajstić information content (AvgIpc) is 3.57. The van der Waals surface area contributed by atoms with Crippen molar-refractivity contribution in [3.05, 3.63) is 154 Å². The predicted molar refractivity (Wildman–Crippen MR) is 193 cm³/mol. The van der Waals surface area contributed by atoms with Gasteiger partial charge in [-0.1, -0.05) is 60.2 Å². The highest BCUT2D eigenvalue weighted by molar-refractivity contribution is 6.36. The average molecular weight is 633 g/mol. The molecule has 0 atom stereocenters. The molecule has 2 heterocycles. The van der Waals surface area contributed by atoms with Gasteiger partial charge in [0.15, 0.2) is 0 Å². The highest BCUT2D eigenvalue weighted by Crippen LogP contribution is 2.41. The lowest BCUT2D eigenvalue weighted by molar-refractivity contribution is 0.0925. The Bertz CT molecular complexity index is 2530. The third-order valence-electron chi connectivity index (χ3n) is 9.41. The number of amides is 2. The molecule has 0 aliphatic carbocycles. The van der Waals surface area contributed by atoms with E-state index in [2.05, 4.69) is 28.8 Å². The number of rotatable bonds is 4. The molecule has 1 aliphatic heterocycles. The van der Waals surface area contributed by atoms with Crippen LogP contribution in [0, 0.1) is 43.4 Å². The predicted octanol–water partition coefficient (Wildman–Crippen LogP) is 9.59. The number of nitrogens with zero attached hydrogens (tertiary/aromatic N) is 4. The summed E-state index contributed by atoms with van der Waals surface area (Å²) in [6.45, 7) is 5.87. The van der Waals surface area contributed by atoms with Crippen LogP contribution in [0.5, 0.6) is 0 Å². The van der Waals surface area contributed by atoms with Crippen LogP contribution in [0.3, 0.4) is 0 Å². The Morgan fingerprint density at radius 1 is 0.551 bits per heavy atom. The van der Waals surface area contributed by atoms with Crippen LogP contribution in [0.2, 0.25) is 0 Å². The number of hydrogen-bond acceptors (Lipinski definition) is 4. The Balaban J connectivity index is 1.38. The number of carbonyl (C=O) groups excluding carboxylic acids is 2. The Hall–Kier alpha value is -6.76. The van der Waals surface area contributed by atoms with Crippen LogP contribution in [0.1, 0.15) is 48.5 Å². The van der Waals surface area contributed by atoms with Crippen molar-refractivity contribution in [1.29, 1.82) is 10.5 Å². The maximum Gasteiger partial charge on any atom is 0.268 e. The zero-order chi connectivity index (χ0) is 34.0. The number of fused-ring (bicyclic) bond motifs is 4. The Kier molecular flexibility index (Phi) is 6.77. The van der Waals surface area contributed by atoms with Crippen molar-refractivity contribution in [3.63, 3.8) is 0 Å². The SMILES string of the molecule is Cc1cc(C)c(N2C(=O)c3cccc(-n4c5ccc(-c6cccc(C#N)c6)cc5c5cc(-c6cccc(C#N)c6)ccc54)c3C2=O)c(C)c1. The summed E-state index contributed by atoms with van der Waals surface area (Å²) in [7, 11) is 0. The maximum absolute atomic E-state index is 14.4. The highest BCUT2D eigenvalue weighted by atomic mass is 16.2. The quantitative estimate of drug-likeness (QED) is 0.181. The molecule has 0 unspecified atom stereocenters. The van der Waals surface area contributed by atoms with Crippen molar-refractivity contribution in [2.24, 2.45) is 0 Å². The number of hydrogen-bond donors (Lipinski definition) is 0. The van der Waals surface area contributed by atoms with Crippen LogP contribution in [0.4, 0.5) is 5.69 Å². The van der Waals surface area contributed by atoms with Gasteiger partial charge in [-0.15, -0.1) is 0 Å². The van der Waals surface area contributed by atoms with Crippen LogP contribution in [-0.4, -0.2) is 16.4 Å². The second-order valence-corrected chi connectivity index (χ2v) is 12.6. The summed E-state index contributed by atoms with van der Waals surface area (Å²) in [6.07, 6.45) is 0. The van der Waals surface area contributed by atoms with E-state index in [0.29, 0.717) is 33.6 Å². The summed E-state index contributed by atoms with van der Waals surface area (Å²) in [5.74, 6) is -0.687. The van der Waals surface area contributed by atoms with E-state index in [-0.39, 0.29) is 11.8 Å². The molecule has 0 saturated carbocycles. The second-order valence-electron chi connectivity index (χ2n) is 12.6. The Morgan fingerprint density at radius 3 is 1.59 bits per heavy atom. The fourth-order valence-electron chi connectivity index (χ4n) is 7.36. The van der Waals surface area contributed by atoms with Crippen LogP contribution in [0.25, 0.3) is 49.7 Å². The fourth-order valence-corrected chi connectivity index (χ4v) is 7.36. The van der Waals surface area contributed by atoms with E-state index in [0.717, 1.165) is 60.8 Å². The van der Waals surface area contributed by atoms with E-state index in [1.54, 1.807) is 18.2 Å². The van der Waals surface area contributed by atoms with E-state index < -0.39 is 0 Å². The molecule has 0 fully saturated rings. The largest absolute Gasteiger partial charge is 0.308 e. The molecule has 1 aromatic heterocycles. The van der Waals surface area contributed by atoms with Crippen molar-refractivity contribution in [2.45, 2.75) is 20.8 Å². The van der Waals surface area contributed by atoms with Crippen LogP contribution < -0.4 is 4.90 Å². The molecule has 0 radical (unpaired) electrons. The van der Waals surface area contributed by atoms with Crippen molar-refractivity contribution in [1.82, 2.24) is 4.57 Å². The van der Waals surface area contributed by atoms with Crippen molar-refractivity contribution >= 4 is 39.3 Å². The van der Waals surface area contributed by atoms with Crippen LogP contribution >= 0.6 is 0 Å². The van der Waals surface area contributed by atoms with Gasteiger partial charge in [0.2, 0.25) is 0 Å². The summed E-state index contributed by atoms with van der Waals surface area (Å²) in [5.41, 5.74) is 11.4. The monoisotopic (exact) mass is 632 g/mol. The van der Waals surface area contributed by atoms with Gasteiger partial charge >= 0.3 is 0 Å². The zero-order valence-electron chi connectivity index (χ0n) is 27.1. The minimum atomic E-state index is -0.351. The summed E-state index contributed by atoms with van der Waals surface area (Å²) < 4.78 is 2.07. The van der Waals surface area contributed by atoms with Gasteiger partial charge in [0.25, 0.3) is 11.8 Å². The smallest absolute Gasteiger partial charge is 0.268 e. The summed E-state index contributed by atoms with van der Waals surface area (Å²) in [4.78, 5) is 29.8. The molecule has 0 spiro atoms. The topological polar surface area (TPSA) is 89.9 Å². The van der Waals surface area contributed by atoms with Crippen LogP contribution in [0.15, 0.2) is 115 Å². The number of carbonyl (C=O) groups is 2. The lowest BCUT2D eigenvalue weighted by Crippen LogP contribution is -2.31. The minimum Gasteiger partial charge on any atom is -0.308 e. The first-order chi connectivity index (χ1) is 23.8. The minimum absolute atomic E-state index is 0.336. The van der Waals surface area contributed by atoms with E-state index in [4.69, 9.17) is 0 Å². The van der Waals surface area contributed by atoms with Crippen molar-refractivity contribution in [3.8, 4) is 40.1 Å². The third kappa shape index (κ3) is 4.62. The molecule has 49 heavy (non-hydrogen) atoms. The molecule has 0 saturated heterocycles. The van der Waals surface area contributed by atoms with Crippen LogP contribution in [-0.2, 0) is 0 Å². The first-order valence-corrected chi connectivity index (χ1v) is 16.0. The van der Waals surface area contributed by atoms with Gasteiger partial charge in [0.1, 0.15) is 0 Å². The molecule has 6 aromatic carbocycles. The second kappa shape index (κ2) is 11.2. The molecular formula is C43H28N4O2. The first-order valence-electron chi connectivity index (χ1n) is 16.0. The molecule has 6 nitrogen and oxygen atoms in total. The molecule has 1 aliphatic rings. The summed E-state index contributed by atoms with van der Waals surface area (Å²) >= 11 is 0. The summed E-state index contributed by atoms with van der Waals surface area (Å²) in [6, 6.07) is 41.3. The van der Waals surface area contributed by atoms with E-state index in [1.165, 1.54) is 4.90 Å². The number of anilines is 1. The molecule has 0 bridgehead atoms. The van der Waals surface area contributed by atoms with Gasteiger partial charge in [-0.3, -0.25) is 9.59 Å². The highest BCUT2D eigenvalue weighted by Gasteiger charge is 2.40. The molecule has 7 aromatic rings. The molecule has 0 N–H and O–H groups in total. The fraction of sp³-hybridized carbons (Fsp3) is 0.0698. The molecular weight excluding hydrogens is 604 g/mol. The number of aryl methyl sites for hydroxylation is 3. The van der Waals surface area contributed by atoms with Crippen molar-refractivity contribution in [2.75, 3.05) is 4.90 Å². The molecule has 232 valence electrons. The van der Waals surface area contributed by atoms with Gasteiger partial charge in [0.05, 0.1) is 56.8 Å². The van der Waals surface area contributed by atoms with Gasteiger partial charge in [-0.05, 0) is 115 Å². The van der Waals surface area contributed by atoms with E-state index in [9.17, 15) is 20.1 Å². The third-order valence-corrected chi connectivity index (χ3v) is 9.41. The maximum atomic E-state index is 14.4. The normalized spacial score (nSPS) is 12.4. The molecule has 8 rings (SSSR count). The number of imide groups is 1. The Morgan fingerprint density at radius 2 is 1.06 bits per heavy atom. The van der Waals surface area contributed by atoms with Gasteiger partial charge in [-0.2, -0.15) is 10.5 Å². The lowest BCUT2D eigenvalue weighted by atomic mass is 9.99. The number of aromatic nitrogens is 1. The Labute approximate surface area is 283 Å². The van der Waals surface area contributed by atoms with Gasteiger partial charge in [-0.25, -0.2) is 4.90 Å². The van der Waals surface area contributed by atoms with E-state index in [1.807, 2.05) is 106 Å².